The molecule has 106 valence electrons. The maximum Gasteiger partial charge on any atom is 0.137 e. The van der Waals surface area contributed by atoms with Crippen molar-refractivity contribution in [3.05, 3.63) is 48.5 Å². The minimum Gasteiger partial charge on any atom is -0.456 e. The molecule has 4 nitrogen and oxygen atoms in total. The van der Waals surface area contributed by atoms with Gasteiger partial charge in [0.15, 0.2) is 0 Å². The van der Waals surface area contributed by atoms with Crippen molar-refractivity contribution in [2.24, 2.45) is 0 Å². The predicted molar refractivity (Wildman–Crippen MR) is 89.8 cm³/mol. The monoisotopic (exact) mass is 288 g/mol. The zero-order chi connectivity index (χ0) is 14.8. The van der Waals surface area contributed by atoms with Crippen molar-refractivity contribution >= 4 is 55.3 Å². The Balaban J connectivity index is 1.97. The number of rotatable bonds is 0. The van der Waals surface area contributed by atoms with E-state index in [0.29, 0.717) is 11.4 Å². The van der Waals surface area contributed by atoms with E-state index < -0.39 is 0 Å². The van der Waals surface area contributed by atoms with Gasteiger partial charge in [-0.1, -0.05) is 0 Å². The van der Waals surface area contributed by atoms with Gasteiger partial charge in [-0.25, -0.2) is 0 Å². The molecule has 2 aromatic heterocycles. The molecule has 5 aromatic rings. The van der Waals surface area contributed by atoms with Crippen LogP contribution in [-0.2, 0) is 0 Å². The van der Waals surface area contributed by atoms with Crippen LogP contribution in [0.3, 0.4) is 0 Å². The first-order valence-electron chi connectivity index (χ1n) is 7.02. The van der Waals surface area contributed by atoms with Crippen molar-refractivity contribution < 1.29 is 8.83 Å². The van der Waals surface area contributed by atoms with E-state index in [1.54, 1.807) is 0 Å². The lowest BCUT2D eigenvalue weighted by atomic mass is 10.1. The van der Waals surface area contributed by atoms with Crippen molar-refractivity contribution in [1.29, 1.82) is 0 Å². The topological polar surface area (TPSA) is 78.3 Å². The molecule has 22 heavy (non-hydrogen) atoms. The predicted octanol–water partition coefficient (Wildman–Crippen LogP) is 4.65. The average Bonchev–Trinajstić information content (AvgIpc) is 3.00. The van der Waals surface area contributed by atoms with Gasteiger partial charge in [-0.3, -0.25) is 0 Å². The second kappa shape index (κ2) is 3.74. The van der Waals surface area contributed by atoms with Crippen molar-refractivity contribution in [2.45, 2.75) is 0 Å². The summed E-state index contributed by atoms with van der Waals surface area (Å²) >= 11 is 0. The third-order valence-electron chi connectivity index (χ3n) is 4.11. The molecule has 0 aliphatic rings. The Morgan fingerprint density at radius 3 is 1.36 bits per heavy atom. The average molecular weight is 288 g/mol. The first-order chi connectivity index (χ1) is 10.7. The van der Waals surface area contributed by atoms with Gasteiger partial charge in [-0.15, -0.1) is 0 Å². The Morgan fingerprint density at radius 2 is 0.909 bits per heavy atom. The van der Waals surface area contributed by atoms with E-state index >= 15 is 0 Å². The molecule has 0 saturated carbocycles. The minimum absolute atomic E-state index is 0.691. The quantitative estimate of drug-likeness (QED) is 0.406. The van der Waals surface area contributed by atoms with Crippen LogP contribution in [0.4, 0.5) is 11.4 Å². The summed E-state index contributed by atoms with van der Waals surface area (Å²) in [5, 5.41) is 4.11. The van der Waals surface area contributed by atoms with Gasteiger partial charge in [0.25, 0.3) is 0 Å². The molecule has 0 aliphatic heterocycles. The summed E-state index contributed by atoms with van der Waals surface area (Å²) in [5.74, 6) is 0. The minimum atomic E-state index is 0.691. The summed E-state index contributed by atoms with van der Waals surface area (Å²) in [6.45, 7) is 0. The molecule has 0 bridgehead atoms. The fraction of sp³-hybridized carbons (Fsp3) is 0. The fourth-order valence-electron chi connectivity index (χ4n) is 3.08. The molecule has 4 heteroatoms. The van der Waals surface area contributed by atoms with Crippen molar-refractivity contribution in [3.63, 3.8) is 0 Å². The van der Waals surface area contributed by atoms with E-state index in [9.17, 15) is 0 Å². The highest BCUT2D eigenvalue weighted by atomic mass is 16.3. The van der Waals surface area contributed by atoms with Crippen LogP contribution in [0.1, 0.15) is 0 Å². The molecule has 0 aliphatic carbocycles. The second-order valence-electron chi connectivity index (χ2n) is 5.56. The van der Waals surface area contributed by atoms with E-state index in [0.717, 1.165) is 43.9 Å². The maximum absolute atomic E-state index is 5.94. The Bertz CT molecular complexity index is 1100. The van der Waals surface area contributed by atoms with Crippen LogP contribution in [0.15, 0.2) is 57.4 Å². The van der Waals surface area contributed by atoms with E-state index in [2.05, 4.69) is 0 Å². The van der Waals surface area contributed by atoms with Crippen LogP contribution < -0.4 is 11.5 Å². The lowest BCUT2D eigenvalue weighted by Gasteiger charge is -1.92. The van der Waals surface area contributed by atoms with Crippen molar-refractivity contribution in [3.8, 4) is 0 Å². The molecule has 0 saturated heterocycles. The Kier molecular flexibility index (Phi) is 1.96. The molecule has 0 spiro atoms. The molecule has 4 N–H and O–H groups in total. The Morgan fingerprint density at radius 1 is 0.500 bits per heavy atom. The zero-order valence-electron chi connectivity index (χ0n) is 11.6. The molecule has 0 unspecified atom stereocenters. The zero-order valence-corrected chi connectivity index (χ0v) is 11.6. The lowest BCUT2D eigenvalue weighted by molar-refractivity contribution is 0.664. The Hall–Kier alpha value is -3.14. The molecule has 0 radical (unpaired) electrons. The van der Waals surface area contributed by atoms with E-state index in [1.807, 2.05) is 48.5 Å². The first kappa shape index (κ1) is 11.5. The highest BCUT2D eigenvalue weighted by Crippen LogP contribution is 2.37. The van der Waals surface area contributed by atoms with Gasteiger partial charge in [0.2, 0.25) is 0 Å². The van der Waals surface area contributed by atoms with Crippen molar-refractivity contribution in [1.82, 2.24) is 0 Å². The molecule has 0 fully saturated rings. The third-order valence-corrected chi connectivity index (χ3v) is 4.11. The molecule has 2 heterocycles. The normalized spacial score (nSPS) is 12.0. The number of nitrogens with two attached hydrogens (primary N) is 2. The number of nitrogen functional groups attached to an aromatic ring is 2. The van der Waals surface area contributed by atoms with Gasteiger partial charge in [0, 0.05) is 45.1 Å². The number of furan rings is 2. The molecule has 0 amide bonds. The molecule has 3 aromatic carbocycles. The number of hydrogen-bond donors (Lipinski definition) is 2. The van der Waals surface area contributed by atoms with Gasteiger partial charge in [-0.05, 0) is 36.4 Å². The van der Waals surface area contributed by atoms with Gasteiger partial charge >= 0.3 is 0 Å². The van der Waals surface area contributed by atoms with Gasteiger partial charge in [0.1, 0.15) is 22.3 Å². The largest absolute Gasteiger partial charge is 0.456 e. The van der Waals surface area contributed by atoms with Gasteiger partial charge < -0.3 is 20.3 Å². The number of anilines is 2. The van der Waals surface area contributed by atoms with Crippen LogP contribution in [0.25, 0.3) is 43.9 Å². The van der Waals surface area contributed by atoms with Crippen LogP contribution >= 0.6 is 0 Å². The first-order valence-corrected chi connectivity index (χ1v) is 7.02. The summed E-state index contributed by atoms with van der Waals surface area (Å²) < 4.78 is 11.9. The number of hydrogen-bond acceptors (Lipinski definition) is 4. The highest BCUT2D eigenvalue weighted by molar-refractivity contribution is 6.15. The lowest BCUT2D eigenvalue weighted by Crippen LogP contribution is -1.81. The standard InChI is InChI=1S/C18H12N2O2/c19-9-1-3-11-13-7-18-14(8-17(13)21-15(11)5-9)12-4-2-10(20)6-16(12)22-18/h1-8H,19-20H2. The van der Waals surface area contributed by atoms with Crippen LogP contribution in [-0.4, -0.2) is 0 Å². The van der Waals surface area contributed by atoms with E-state index in [-0.39, 0.29) is 0 Å². The van der Waals surface area contributed by atoms with Gasteiger partial charge in [-0.2, -0.15) is 0 Å². The van der Waals surface area contributed by atoms with Gasteiger partial charge in [0.05, 0.1) is 0 Å². The SMILES string of the molecule is Nc1ccc2c(c1)oc1cc3c(cc12)oc1cc(N)ccc13. The fourth-order valence-corrected chi connectivity index (χ4v) is 3.08. The van der Waals surface area contributed by atoms with E-state index in [4.69, 9.17) is 20.3 Å². The smallest absolute Gasteiger partial charge is 0.137 e. The number of fused-ring (bicyclic) bond motifs is 6. The van der Waals surface area contributed by atoms with Crippen LogP contribution in [0.5, 0.6) is 0 Å². The summed E-state index contributed by atoms with van der Waals surface area (Å²) in [6.07, 6.45) is 0. The second-order valence-corrected chi connectivity index (χ2v) is 5.56. The number of benzene rings is 3. The highest BCUT2D eigenvalue weighted by Gasteiger charge is 2.13. The van der Waals surface area contributed by atoms with Crippen molar-refractivity contribution in [2.75, 3.05) is 11.5 Å². The molecular formula is C18H12N2O2. The molecule has 0 atom stereocenters. The van der Waals surface area contributed by atoms with Crippen LogP contribution in [0, 0.1) is 0 Å². The summed E-state index contributed by atoms with van der Waals surface area (Å²) in [5.41, 5.74) is 16.3. The third kappa shape index (κ3) is 1.41. The summed E-state index contributed by atoms with van der Waals surface area (Å²) in [7, 11) is 0. The summed E-state index contributed by atoms with van der Waals surface area (Å²) in [4.78, 5) is 0. The molecule has 5 rings (SSSR count). The Labute approximate surface area is 124 Å². The van der Waals surface area contributed by atoms with Crippen LogP contribution in [0.2, 0.25) is 0 Å². The maximum atomic E-state index is 5.94. The van der Waals surface area contributed by atoms with E-state index in [1.165, 1.54) is 0 Å². The molecular weight excluding hydrogens is 276 g/mol. The summed E-state index contributed by atoms with van der Waals surface area (Å²) in [6, 6.07) is 15.4.